The molecule has 1 heteroatoms. The van der Waals surface area contributed by atoms with Crippen molar-refractivity contribution in [1.82, 2.24) is 0 Å². The molecule has 1 aliphatic carbocycles. The molecule has 0 bridgehead atoms. The van der Waals surface area contributed by atoms with Crippen LogP contribution in [0, 0.1) is 0 Å². The zero-order valence-electron chi connectivity index (χ0n) is 29.4. The molecule has 0 fully saturated rings. The number of furan rings is 1. The van der Waals surface area contributed by atoms with Gasteiger partial charge in [0.15, 0.2) is 0 Å². The largest absolute Gasteiger partial charge is 0.456 e. The molecule has 1 aromatic heterocycles. The lowest BCUT2D eigenvalue weighted by Crippen LogP contribution is -1.92. The Morgan fingerprint density at radius 2 is 0.889 bits per heavy atom. The molecular weight excluding hydrogens is 653 g/mol. The van der Waals surface area contributed by atoms with Gasteiger partial charge in [0.05, 0.1) is 0 Å². The van der Waals surface area contributed by atoms with Gasteiger partial charge in [-0.1, -0.05) is 152 Å². The van der Waals surface area contributed by atoms with E-state index in [0.29, 0.717) is 0 Å². The smallest absolute Gasteiger partial charge is 0.136 e. The molecule has 1 nitrogen and oxygen atoms in total. The van der Waals surface area contributed by atoms with Gasteiger partial charge in [-0.05, 0) is 135 Å². The molecule has 0 N–H and O–H groups in total. The van der Waals surface area contributed by atoms with Gasteiger partial charge in [0.25, 0.3) is 0 Å². The molecule has 0 unspecified atom stereocenters. The summed E-state index contributed by atoms with van der Waals surface area (Å²) in [5.74, 6) is 0. The van der Waals surface area contributed by atoms with E-state index in [1.54, 1.807) is 0 Å². The van der Waals surface area contributed by atoms with Gasteiger partial charge in [-0.2, -0.15) is 0 Å². The Morgan fingerprint density at radius 3 is 1.63 bits per heavy atom. The van der Waals surface area contributed by atoms with Crippen molar-refractivity contribution in [3.05, 3.63) is 204 Å². The molecule has 11 aromatic rings. The van der Waals surface area contributed by atoms with Crippen LogP contribution in [-0.4, -0.2) is 0 Å². The van der Waals surface area contributed by atoms with Crippen molar-refractivity contribution in [1.29, 1.82) is 0 Å². The maximum absolute atomic E-state index is 6.43. The van der Waals surface area contributed by atoms with Crippen LogP contribution in [0.4, 0.5) is 0 Å². The van der Waals surface area contributed by atoms with Crippen LogP contribution in [0.3, 0.4) is 0 Å². The van der Waals surface area contributed by atoms with Gasteiger partial charge in [0, 0.05) is 10.8 Å². The monoisotopic (exact) mass is 684 g/mol. The van der Waals surface area contributed by atoms with E-state index in [4.69, 9.17) is 4.42 Å². The Balaban J connectivity index is 1.12. The van der Waals surface area contributed by atoms with Crippen molar-refractivity contribution >= 4 is 87.4 Å². The van der Waals surface area contributed by atoms with E-state index in [-0.39, 0.29) is 0 Å². The van der Waals surface area contributed by atoms with E-state index in [9.17, 15) is 0 Å². The van der Waals surface area contributed by atoms with Gasteiger partial charge in [-0.25, -0.2) is 0 Å². The highest BCUT2D eigenvalue weighted by molar-refractivity contribution is 6.39. The minimum atomic E-state index is 0.906. The van der Waals surface area contributed by atoms with Crippen LogP contribution in [0.15, 0.2) is 180 Å². The number of benzene rings is 10. The molecule has 1 aliphatic rings. The van der Waals surface area contributed by atoms with E-state index < -0.39 is 0 Å². The summed E-state index contributed by atoms with van der Waals surface area (Å²) in [7, 11) is 0. The first-order valence-electron chi connectivity index (χ1n) is 18.8. The van der Waals surface area contributed by atoms with E-state index in [1.165, 1.54) is 92.8 Å². The van der Waals surface area contributed by atoms with Crippen LogP contribution in [-0.2, 0) is 6.42 Å². The van der Waals surface area contributed by atoms with Crippen LogP contribution in [0.5, 0.6) is 0 Å². The average Bonchev–Trinajstić information content (AvgIpc) is 3.80. The fourth-order valence-electron chi connectivity index (χ4n) is 9.44. The van der Waals surface area contributed by atoms with E-state index in [1.807, 2.05) is 6.07 Å². The van der Waals surface area contributed by atoms with Gasteiger partial charge in [0.1, 0.15) is 11.2 Å². The number of fused-ring (bicyclic) bond motifs is 17. The SMILES string of the molecule is C(=C(/c1ccc2c(c1)Cc1ccccc1-2)c1ccc2c(c1)oc1ccccc12)/c1ccc2c(c1)c1ccccc1c1c3ccccc3c3ccccc3c21. The fraction of sp³-hybridized carbons (Fsp3) is 0.0189. The fourth-order valence-corrected chi connectivity index (χ4v) is 9.44. The van der Waals surface area contributed by atoms with Crippen LogP contribution in [0.1, 0.15) is 27.8 Å². The van der Waals surface area contributed by atoms with E-state index in [2.05, 4.69) is 176 Å². The third kappa shape index (κ3) is 4.27. The van der Waals surface area contributed by atoms with Crippen molar-refractivity contribution in [2.45, 2.75) is 6.42 Å². The third-order valence-electron chi connectivity index (χ3n) is 11.8. The molecule has 12 rings (SSSR count). The van der Waals surface area contributed by atoms with Crippen LogP contribution < -0.4 is 0 Å². The standard InChI is InChI=1S/C53H32O/c1-2-12-37-33(11-1)29-36-30-34(22-25-38(36)37)48(35-23-26-43-42-16-9-10-20-50(42)54-51(43)31-35)27-32-21-24-47-49(28-32)41-15-5-8-19-46(41)52-44-17-6-3-13-39(44)40-14-4-7-18-45(40)53(47)52/h1-28,30-31H,29H2/b48-27+. The van der Waals surface area contributed by atoms with E-state index in [0.717, 1.165) is 33.9 Å². The molecule has 10 aromatic carbocycles. The maximum Gasteiger partial charge on any atom is 0.136 e. The van der Waals surface area contributed by atoms with Gasteiger partial charge in [-0.15, -0.1) is 0 Å². The minimum absolute atomic E-state index is 0.906. The molecule has 0 radical (unpaired) electrons. The summed E-state index contributed by atoms with van der Waals surface area (Å²) >= 11 is 0. The van der Waals surface area contributed by atoms with Crippen molar-refractivity contribution in [2.75, 3.05) is 0 Å². The molecule has 54 heavy (non-hydrogen) atoms. The summed E-state index contributed by atoms with van der Waals surface area (Å²) in [6, 6.07) is 64.7. The third-order valence-corrected chi connectivity index (χ3v) is 11.8. The summed E-state index contributed by atoms with van der Waals surface area (Å²) in [5.41, 5.74) is 12.0. The summed E-state index contributed by atoms with van der Waals surface area (Å²) in [6.45, 7) is 0. The topological polar surface area (TPSA) is 13.1 Å². The zero-order chi connectivity index (χ0) is 35.3. The van der Waals surface area contributed by atoms with Gasteiger partial charge in [0.2, 0.25) is 0 Å². The molecule has 0 saturated heterocycles. The molecule has 1 heterocycles. The zero-order valence-corrected chi connectivity index (χ0v) is 29.4. The van der Waals surface area contributed by atoms with Crippen molar-refractivity contribution in [3.8, 4) is 11.1 Å². The van der Waals surface area contributed by atoms with Crippen molar-refractivity contribution in [2.24, 2.45) is 0 Å². The second-order valence-electron chi connectivity index (χ2n) is 14.8. The number of hydrogen-bond acceptors (Lipinski definition) is 1. The van der Waals surface area contributed by atoms with Crippen molar-refractivity contribution in [3.63, 3.8) is 0 Å². The lowest BCUT2D eigenvalue weighted by molar-refractivity contribution is 0.669. The predicted molar refractivity (Wildman–Crippen MR) is 229 cm³/mol. The number of para-hydroxylation sites is 1. The van der Waals surface area contributed by atoms with Crippen LogP contribution in [0.25, 0.3) is 98.6 Å². The van der Waals surface area contributed by atoms with Crippen molar-refractivity contribution < 1.29 is 4.42 Å². The first kappa shape index (κ1) is 29.6. The summed E-state index contributed by atoms with van der Waals surface area (Å²) in [4.78, 5) is 0. The first-order chi connectivity index (χ1) is 26.8. The second-order valence-corrected chi connectivity index (χ2v) is 14.8. The van der Waals surface area contributed by atoms with E-state index >= 15 is 0 Å². The van der Waals surface area contributed by atoms with Gasteiger partial charge < -0.3 is 4.42 Å². The quantitative estimate of drug-likeness (QED) is 0.133. The van der Waals surface area contributed by atoms with Crippen LogP contribution in [0.2, 0.25) is 0 Å². The molecule has 0 spiro atoms. The Kier molecular flexibility index (Phi) is 6.18. The molecular formula is C53H32O. The lowest BCUT2D eigenvalue weighted by atomic mass is 9.86. The molecule has 0 amide bonds. The molecule has 250 valence electrons. The molecule has 0 saturated carbocycles. The maximum atomic E-state index is 6.43. The Hall–Kier alpha value is -6.96. The van der Waals surface area contributed by atoms with Crippen LogP contribution >= 0.6 is 0 Å². The highest BCUT2D eigenvalue weighted by Crippen LogP contribution is 2.45. The Bertz CT molecular complexity index is 3410. The second kappa shape index (κ2) is 11.3. The van der Waals surface area contributed by atoms with Gasteiger partial charge in [-0.3, -0.25) is 0 Å². The number of hydrogen-bond donors (Lipinski definition) is 0. The highest BCUT2D eigenvalue weighted by Gasteiger charge is 2.21. The Labute approximate surface area is 312 Å². The molecule has 0 atom stereocenters. The normalized spacial score (nSPS) is 12.9. The lowest BCUT2D eigenvalue weighted by Gasteiger charge is -2.17. The predicted octanol–water partition coefficient (Wildman–Crippen LogP) is 14.5. The molecule has 0 aliphatic heterocycles. The number of rotatable bonds is 3. The highest BCUT2D eigenvalue weighted by atomic mass is 16.3. The van der Waals surface area contributed by atoms with Gasteiger partial charge >= 0.3 is 0 Å². The minimum Gasteiger partial charge on any atom is -0.456 e. The Morgan fingerprint density at radius 1 is 0.370 bits per heavy atom. The summed E-state index contributed by atoms with van der Waals surface area (Å²) in [5, 5.41) is 15.2. The first-order valence-corrected chi connectivity index (χ1v) is 18.8. The summed E-state index contributed by atoms with van der Waals surface area (Å²) < 4.78 is 6.43. The summed E-state index contributed by atoms with van der Waals surface area (Å²) in [6.07, 6.45) is 3.33. The average molecular weight is 685 g/mol.